The lowest BCUT2D eigenvalue weighted by molar-refractivity contribution is -0.143. The standard InChI is InChI=1S/C22H22F6N4O2S/c23-21(24,25)15-9-14(10-16(11-15)22(26,27)28)1-2-18(33)32-12-17(13-32)30-4-6-31(7-5-30)20(34)19-29-3-8-35-19/h3,8-11,17H,1-2,4-7,12-13H2. The van der Waals surface area contributed by atoms with Gasteiger partial charge in [0.25, 0.3) is 5.91 Å². The Labute approximate surface area is 201 Å². The molecule has 2 aliphatic rings. The average molecular weight is 520 g/mol. The Bertz CT molecular complexity index is 1030. The molecule has 0 aliphatic carbocycles. The Balaban J connectivity index is 1.26. The fraction of sp³-hybridized carbons (Fsp3) is 0.500. The maximum absolute atomic E-state index is 13.0. The van der Waals surface area contributed by atoms with Crippen molar-refractivity contribution < 1.29 is 35.9 Å². The highest BCUT2D eigenvalue weighted by molar-refractivity contribution is 7.11. The summed E-state index contributed by atoms with van der Waals surface area (Å²) in [6.07, 6.45) is -8.65. The molecule has 0 atom stereocenters. The summed E-state index contributed by atoms with van der Waals surface area (Å²) in [4.78, 5) is 34.3. The second kappa shape index (κ2) is 9.76. The molecule has 13 heteroatoms. The fourth-order valence-electron chi connectivity index (χ4n) is 4.22. The SMILES string of the molecule is O=C(CCc1cc(C(F)(F)F)cc(C(F)(F)F)c1)N1CC(N2CCN(C(=O)c3nccs3)CC2)C1. The van der Waals surface area contributed by atoms with Crippen LogP contribution in [0.1, 0.15) is 32.9 Å². The van der Waals surface area contributed by atoms with Gasteiger partial charge in [0, 0.05) is 63.3 Å². The highest BCUT2D eigenvalue weighted by atomic mass is 32.1. The normalized spacial score (nSPS) is 18.0. The summed E-state index contributed by atoms with van der Waals surface area (Å²) in [5.74, 6) is -0.418. The topological polar surface area (TPSA) is 56.8 Å². The van der Waals surface area contributed by atoms with Gasteiger partial charge in [-0.25, -0.2) is 4.98 Å². The molecule has 0 N–H and O–H groups in total. The highest BCUT2D eigenvalue weighted by Crippen LogP contribution is 2.36. The van der Waals surface area contributed by atoms with E-state index in [9.17, 15) is 35.9 Å². The molecule has 190 valence electrons. The first kappa shape index (κ1) is 25.4. The van der Waals surface area contributed by atoms with Crippen LogP contribution in [-0.2, 0) is 23.6 Å². The molecule has 2 saturated heterocycles. The van der Waals surface area contributed by atoms with Gasteiger partial charge in [0.2, 0.25) is 5.91 Å². The number of piperazine rings is 1. The molecule has 2 aliphatic heterocycles. The van der Waals surface area contributed by atoms with Gasteiger partial charge in [-0.15, -0.1) is 11.3 Å². The van der Waals surface area contributed by atoms with Crippen molar-refractivity contribution in [1.82, 2.24) is 19.7 Å². The van der Waals surface area contributed by atoms with Crippen molar-refractivity contribution in [2.75, 3.05) is 39.3 Å². The van der Waals surface area contributed by atoms with E-state index in [1.807, 2.05) is 0 Å². The molecule has 0 bridgehead atoms. The molecule has 2 aromatic rings. The van der Waals surface area contributed by atoms with Crippen LogP contribution in [0.3, 0.4) is 0 Å². The van der Waals surface area contributed by atoms with E-state index in [1.165, 1.54) is 11.3 Å². The van der Waals surface area contributed by atoms with Crippen LogP contribution in [0.15, 0.2) is 29.8 Å². The molecular formula is C22H22F6N4O2S. The number of aromatic nitrogens is 1. The number of hydrogen-bond donors (Lipinski definition) is 0. The molecule has 0 unspecified atom stereocenters. The summed E-state index contributed by atoms with van der Waals surface area (Å²) < 4.78 is 78.1. The first-order valence-electron chi connectivity index (χ1n) is 10.9. The second-order valence-corrected chi connectivity index (χ2v) is 9.43. The molecule has 3 heterocycles. The van der Waals surface area contributed by atoms with Crippen LogP contribution >= 0.6 is 11.3 Å². The molecule has 2 fully saturated rings. The van der Waals surface area contributed by atoms with Crippen molar-refractivity contribution in [2.24, 2.45) is 0 Å². The van der Waals surface area contributed by atoms with Gasteiger partial charge in [-0.1, -0.05) is 0 Å². The van der Waals surface area contributed by atoms with Gasteiger partial charge in [0.1, 0.15) is 0 Å². The molecule has 1 aromatic carbocycles. The van der Waals surface area contributed by atoms with E-state index in [4.69, 9.17) is 0 Å². The lowest BCUT2D eigenvalue weighted by atomic mass is 10.00. The van der Waals surface area contributed by atoms with E-state index in [0.717, 1.165) is 0 Å². The van der Waals surface area contributed by atoms with Crippen molar-refractivity contribution in [3.8, 4) is 0 Å². The number of thiazole rings is 1. The minimum atomic E-state index is -4.92. The number of alkyl halides is 6. The Morgan fingerprint density at radius 3 is 2.03 bits per heavy atom. The summed E-state index contributed by atoms with van der Waals surface area (Å²) in [7, 11) is 0. The van der Waals surface area contributed by atoms with E-state index in [0.29, 0.717) is 56.4 Å². The molecule has 35 heavy (non-hydrogen) atoms. The van der Waals surface area contributed by atoms with Gasteiger partial charge in [0.05, 0.1) is 11.1 Å². The number of hydrogen-bond acceptors (Lipinski definition) is 5. The number of likely N-dealkylation sites (tertiary alicyclic amines) is 1. The number of nitrogens with zero attached hydrogens (tertiary/aromatic N) is 4. The lowest BCUT2D eigenvalue weighted by Gasteiger charge is -2.48. The monoisotopic (exact) mass is 520 g/mol. The summed E-state index contributed by atoms with van der Waals surface area (Å²) >= 11 is 1.29. The zero-order valence-electron chi connectivity index (χ0n) is 18.4. The fourth-order valence-corrected chi connectivity index (χ4v) is 4.82. The van der Waals surface area contributed by atoms with Crippen LogP contribution in [0.4, 0.5) is 26.3 Å². The largest absolute Gasteiger partial charge is 0.416 e. The van der Waals surface area contributed by atoms with Gasteiger partial charge in [-0.2, -0.15) is 26.3 Å². The number of benzene rings is 1. The van der Waals surface area contributed by atoms with Gasteiger partial charge >= 0.3 is 12.4 Å². The van der Waals surface area contributed by atoms with E-state index >= 15 is 0 Å². The molecule has 6 nitrogen and oxygen atoms in total. The second-order valence-electron chi connectivity index (χ2n) is 8.53. The highest BCUT2D eigenvalue weighted by Gasteiger charge is 2.38. The zero-order valence-corrected chi connectivity index (χ0v) is 19.2. The van der Waals surface area contributed by atoms with Crippen LogP contribution in [0.2, 0.25) is 0 Å². The van der Waals surface area contributed by atoms with Gasteiger partial charge < -0.3 is 9.80 Å². The van der Waals surface area contributed by atoms with E-state index in [-0.39, 0.29) is 42.3 Å². The molecule has 0 radical (unpaired) electrons. The van der Waals surface area contributed by atoms with Crippen molar-refractivity contribution >= 4 is 23.2 Å². The molecule has 0 spiro atoms. The Morgan fingerprint density at radius 1 is 0.914 bits per heavy atom. The third-order valence-electron chi connectivity index (χ3n) is 6.22. The van der Waals surface area contributed by atoms with Crippen molar-refractivity contribution in [1.29, 1.82) is 0 Å². The number of carbonyl (C=O) groups excluding carboxylic acids is 2. The van der Waals surface area contributed by atoms with Gasteiger partial charge in [-0.3, -0.25) is 14.5 Å². The number of carbonyl (C=O) groups is 2. The van der Waals surface area contributed by atoms with Crippen LogP contribution in [-0.4, -0.2) is 76.8 Å². The summed E-state index contributed by atoms with van der Waals surface area (Å²) in [6.45, 7) is 3.26. The first-order valence-corrected chi connectivity index (χ1v) is 11.8. The number of aryl methyl sites for hydroxylation is 1. The molecular weight excluding hydrogens is 498 g/mol. The van der Waals surface area contributed by atoms with Crippen LogP contribution in [0.5, 0.6) is 0 Å². The number of halogens is 6. The Kier molecular flexibility index (Phi) is 7.09. The van der Waals surface area contributed by atoms with E-state index < -0.39 is 23.5 Å². The maximum Gasteiger partial charge on any atom is 0.416 e. The molecule has 0 saturated carbocycles. The average Bonchev–Trinajstić information content (AvgIpc) is 3.30. The van der Waals surface area contributed by atoms with Gasteiger partial charge in [-0.05, 0) is 30.2 Å². The smallest absolute Gasteiger partial charge is 0.339 e. The van der Waals surface area contributed by atoms with Crippen LogP contribution < -0.4 is 0 Å². The molecule has 4 rings (SSSR count). The number of amides is 2. The molecule has 1 aromatic heterocycles. The van der Waals surface area contributed by atoms with Crippen molar-refractivity contribution in [3.63, 3.8) is 0 Å². The molecule has 2 amide bonds. The minimum Gasteiger partial charge on any atom is -0.339 e. The lowest BCUT2D eigenvalue weighted by Crippen LogP contribution is -2.64. The third-order valence-corrected chi connectivity index (χ3v) is 6.98. The third kappa shape index (κ3) is 5.95. The maximum atomic E-state index is 13.0. The minimum absolute atomic E-state index is 0.0790. The summed E-state index contributed by atoms with van der Waals surface area (Å²) in [6, 6.07) is 1.51. The van der Waals surface area contributed by atoms with Crippen molar-refractivity contribution in [2.45, 2.75) is 31.2 Å². The quantitative estimate of drug-likeness (QED) is 0.564. The predicted molar refractivity (Wildman–Crippen MR) is 115 cm³/mol. The Hall–Kier alpha value is -2.67. The zero-order chi connectivity index (χ0) is 25.4. The Morgan fingerprint density at radius 2 is 1.51 bits per heavy atom. The predicted octanol–water partition coefficient (Wildman–Crippen LogP) is 3.78. The van der Waals surface area contributed by atoms with E-state index in [1.54, 1.807) is 21.4 Å². The summed E-state index contributed by atoms with van der Waals surface area (Å²) in [5.41, 5.74) is -2.95. The summed E-state index contributed by atoms with van der Waals surface area (Å²) in [5, 5.41) is 2.19. The van der Waals surface area contributed by atoms with Crippen LogP contribution in [0.25, 0.3) is 0 Å². The van der Waals surface area contributed by atoms with Gasteiger partial charge in [0.15, 0.2) is 5.01 Å². The first-order chi connectivity index (χ1) is 16.4. The van der Waals surface area contributed by atoms with E-state index in [2.05, 4.69) is 9.88 Å². The van der Waals surface area contributed by atoms with Crippen molar-refractivity contribution in [3.05, 3.63) is 51.5 Å². The van der Waals surface area contributed by atoms with Crippen LogP contribution in [0, 0.1) is 0 Å². The number of rotatable bonds is 5.